The van der Waals surface area contributed by atoms with Crippen LogP contribution in [0, 0.1) is 0 Å². The Morgan fingerprint density at radius 2 is 1.63 bits per heavy atom. The van der Waals surface area contributed by atoms with Crippen molar-refractivity contribution >= 4 is 23.8 Å². The number of hydroxylamine groups is 2. The molecule has 0 unspecified atom stereocenters. The van der Waals surface area contributed by atoms with Crippen LogP contribution in [0.15, 0.2) is 0 Å². The Labute approximate surface area is 109 Å². The Bertz CT molecular complexity index is 363. The fourth-order valence-corrected chi connectivity index (χ4v) is 1.31. The van der Waals surface area contributed by atoms with Crippen LogP contribution in [0.3, 0.4) is 0 Å². The second-order valence-electron chi connectivity index (χ2n) is 3.76. The summed E-state index contributed by atoms with van der Waals surface area (Å²) in [5.74, 6) is -2.39. The Morgan fingerprint density at radius 1 is 1.05 bits per heavy atom. The molecule has 1 heterocycles. The summed E-state index contributed by atoms with van der Waals surface area (Å²) >= 11 is 0. The van der Waals surface area contributed by atoms with Gasteiger partial charge >= 0.3 is 11.9 Å². The summed E-state index contributed by atoms with van der Waals surface area (Å²) in [6, 6.07) is 0. The van der Waals surface area contributed by atoms with Gasteiger partial charge in [-0.25, -0.2) is 4.79 Å². The summed E-state index contributed by atoms with van der Waals surface area (Å²) in [6.45, 7) is 0.0671. The Morgan fingerprint density at radius 3 is 2.21 bits per heavy atom. The van der Waals surface area contributed by atoms with Gasteiger partial charge in [0.2, 0.25) is 0 Å². The van der Waals surface area contributed by atoms with Crippen molar-refractivity contribution in [3.63, 3.8) is 0 Å². The zero-order valence-corrected chi connectivity index (χ0v) is 10.5. The molecule has 0 aliphatic carbocycles. The van der Waals surface area contributed by atoms with E-state index in [1.807, 2.05) is 0 Å². The topological polar surface area (TPSA) is 99.2 Å². The molecule has 106 valence electrons. The van der Waals surface area contributed by atoms with Crippen LogP contribution >= 0.6 is 0 Å². The van der Waals surface area contributed by atoms with Gasteiger partial charge in [0.25, 0.3) is 11.8 Å². The number of hydrogen-bond donors (Lipinski definition) is 0. The van der Waals surface area contributed by atoms with E-state index < -0.39 is 23.8 Å². The van der Waals surface area contributed by atoms with E-state index in [0.717, 1.165) is 0 Å². The maximum Gasteiger partial charge on any atom is 0.336 e. The monoisotopic (exact) mass is 273 g/mol. The molecule has 0 radical (unpaired) electrons. The minimum atomic E-state index is -0.803. The molecule has 0 aromatic rings. The fourth-order valence-electron chi connectivity index (χ4n) is 1.31. The highest BCUT2D eigenvalue weighted by Gasteiger charge is 2.32. The van der Waals surface area contributed by atoms with Gasteiger partial charge in [0.05, 0.1) is 19.4 Å². The second-order valence-corrected chi connectivity index (χ2v) is 3.76. The van der Waals surface area contributed by atoms with Crippen LogP contribution in [-0.2, 0) is 33.5 Å². The van der Waals surface area contributed by atoms with E-state index in [4.69, 9.17) is 4.74 Å². The maximum atomic E-state index is 11.3. The lowest BCUT2D eigenvalue weighted by atomic mass is 10.4. The van der Waals surface area contributed by atoms with E-state index >= 15 is 0 Å². The van der Waals surface area contributed by atoms with Gasteiger partial charge in [-0.15, -0.1) is 5.06 Å². The molecule has 0 saturated carbocycles. The molecule has 1 aliphatic rings. The quantitative estimate of drug-likeness (QED) is 0.458. The third-order valence-corrected chi connectivity index (χ3v) is 2.28. The maximum absolute atomic E-state index is 11.3. The van der Waals surface area contributed by atoms with Gasteiger partial charge in [0.15, 0.2) is 0 Å². The number of ether oxygens (including phenoxy) is 2. The fraction of sp³-hybridized carbons (Fsp3) is 0.636. The van der Waals surface area contributed by atoms with Crippen molar-refractivity contribution in [2.75, 3.05) is 20.3 Å². The zero-order valence-electron chi connectivity index (χ0n) is 10.5. The minimum Gasteiger partial charge on any atom is -0.465 e. The standard InChI is InChI=1S/C11H15NO7/c1-17-6-4-10(15)18-7-5-11(16)19-12-8(13)2-3-9(12)14/h2-7H2,1H3. The summed E-state index contributed by atoms with van der Waals surface area (Å²) in [5, 5.41) is 0.453. The summed E-state index contributed by atoms with van der Waals surface area (Å²) in [6.07, 6.45) is -0.0549. The predicted molar refractivity (Wildman–Crippen MR) is 59.2 cm³/mol. The van der Waals surface area contributed by atoms with Crippen LogP contribution < -0.4 is 0 Å². The van der Waals surface area contributed by atoms with Gasteiger partial charge in [-0.3, -0.25) is 14.4 Å². The average molecular weight is 273 g/mol. The number of methoxy groups -OCH3 is 1. The van der Waals surface area contributed by atoms with Gasteiger partial charge < -0.3 is 14.3 Å². The van der Waals surface area contributed by atoms with Gasteiger partial charge in [0, 0.05) is 20.0 Å². The van der Waals surface area contributed by atoms with Crippen molar-refractivity contribution in [3.8, 4) is 0 Å². The Hall–Kier alpha value is -1.96. The largest absolute Gasteiger partial charge is 0.465 e. The third kappa shape index (κ3) is 5.04. The molecule has 19 heavy (non-hydrogen) atoms. The van der Waals surface area contributed by atoms with Gasteiger partial charge in [-0.1, -0.05) is 0 Å². The minimum absolute atomic E-state index is 0.0398. The molecular formula is C11H15NO7. The van der Waals surface area contributed by atoms with Crippen LogP contribution in [0.4, 0.5) is 0 Å². The lowest BCUT2D eigenvalue weighted by Gasteiger charge is -2.12. The predicted octanol–water partition coefficient (Wildman–Crippen LogP) is -0.437. The molecular weight excluding hydrogens is 258 g/mol. The first-order valence-electron chi connectivity index (χ1n) is 5.75. The molecule has 1 fully saturated rings. The van der Waals surface area contributed by atoms with Crippen molar-refractivity contribution < 1.29 is 33.5 Å². The number of nitrogens with zero attached hydrogens (tertiary/aromatic N) is 1. The van der Waals surface area contributed by atoms with E-state index in [0.29, 0.717) is 5.06 Å². The third-order valence-electron chi connectivity index (χ3n) is 2.28. The normalized spacial score (nSPS) is 14.7. The van der Waals surface area contributed by atoms with Crippen molar-refractivity contribution in [1.29, 1.82) is 0 Å². The molecule has 0 bridgehead atoms. The SMILES string of the molecule is COCCC(=O)OCCC(=O)ON1C(=O)CCC1=O. The van der Waals surface area contributed by atoms with E-state index in [2.05, 4.69) is 9.57 Å². The van der Waals surface area contributed by atoms with Crippen LogP contribution in [0.25, 0.3) is 0 Å². The van der Waals surface area contributed by atoms with Crippen molar-refractivity contribution in [2.45, 2.75) is 25.7 Å². The van der Waals surface area contributed by atoms with E-state index in [9.17, 15) is 19.2 Å². The number of imide groups is 1. The van der Waals surface area contributed by atoms with E-state index in [1.54, 1.807) is 0 Å². The number of hydrogen-bond acceptors (Lipinski definition) is 7. The number of amides is 2. The van der Waals surface area contributed by atoms with Crippen molar-refractivity contribution in [1.82, 2.24) is 5.06 Å². The average Bonchev–Trinajstić information content (AvgIpc) is 2.68. The highest BCUT2D eigenvalue weighted by Crippen LogP contribution is 2.12. The van der Waals surface area contributed by atoms with Crippen LogP contribution in [-0.4, -0.2) is 49.1 Å². The molecule has 2 amide bonds. The molecule has 1 saturated heterocycles. The lowest BCUT2D eigenvalue weighted by Crippen LogP contribution is -2.32. The summed E-state index contributed by atoms with van der Waals surface area (Å²) < 4.78 is 9.40. The Kier molecular flexibility index (Phi) is 5.94. The smallest absolute Gasteiger partial charge is 0.336 e. The number of carbonyl (C=O) groups excluding carboxylic acids is 4. The molecule has 8 heteroatoms. The molecule has 0 atom stereocenters. The van der Waals surface area contributed by atoms with Crippen molar-refractivity contribution in [2.24, 2.45) is 0 Å². The molecule has 0 spiro atoms. The second kappa shape index (κ2) is 7.47. The van der Waals surface area contributed by atoms with Gasteiger partial charge in [-0.2, -0.15) is 0 Å². The number of rotatable bonds is 7. The highest BCUT2D eigenvalue weighted by atomic mass is 16.7. The Balaban J connectivity index is 2.19. The first kappa shape index (κ1) is 15.1. The van der Waals surface area contributed by atoms with Crippen LogP contribution in [0.2, 0.25) is 0 Å². The molecule has 8 nitrogen and oxygen atoms in total. The van der Waals surface area contributed by atoms with Crippen LogP contribution in [0.1, 0.15) is 25.7 Å². The van der Waals surface area contributed by atoms with E-state index in [-0.39, 0.29) is 38.9 Å². The summed E-state index contributed by atoms with van der Waals surface area (Å²) in [7, 11) is 1.45. The molecule has 0 aromatic heterocycles. The van der Waals surface area contributed by atoms with Gasteiger partial charge in [-0.05, 0) is 0 Å². The number of carbonyl (C=O) groups is 4. The molecule has 1 aliphatic heterocycles. The molecule has 0 aromatic carbocycles. The lowest BCUT2D eigenvalue weighted by molar-refractivity contribution is -0.198. The molecule has 0 N–H and O–H groups in total. The first-order valence-corrected chi connectivity index (χ1v) is 5.75. The zero-order chi connectivity index (χ0) is 14.3. The summed E-state index contributed by atoms with van der Waals surface area (Å²) in [4.78, 5) is 49.2. The summed E-state index contributed by atoms with van der Waals surface area (Å²) in [5.41, 5.74) is 0. The van der Waals surface area contributed by atoms with Crippen molar-refractivity contribution in [3.05, 3.63) is 0 Å². The first-order chi connectivity index (χ1) is 9.04. The van der Waals surface area contributed by atoms with Gasteiger partial charge in [0.1, 0.15) is 6.61 Å². The number of esters is 1. The van der Waals surface area contributed by atoms with E-state index in [1.165, 1.54) is 7.11 Å². The highest BCUT2D eigenvalue weighted by molar-refractivity contribution is 6.01. The molecule has 1 rings (SSSR count). The van der Waals surface area contributed by atoms with Crippen LogP contribution in [0.5, 0.6) is 0 Å².